The molecule has 0 aromatic rings. The summed E-state index contributed by atoms with van der Waals surface area (Å²) in [5.41, 5.74) is 0.332. The van der Waals surface area contributed by atoms with Crippen molar-refractivity contribution < 1.29 is 19.4 Å². The third-order valence-electron chi connectivity index (χ3n) is 4.15. The number of hydrogen-bond acceptors (Lipinski definition) is 3. The molecule has 2 rings (SSSR count). The van der Waals surface area contributed by atoms with Gasteiger partial charge in [0.15, 0.2) is 0 Å². The molecular weight excluding hydrogens is 220 g/mol. The highest BCUT2D eigenvalue weighted by Crippen LogP contribution is 2.47. The minimum atomic E-state index is -0.905. The normalized spacial score (nSPS) is 41.2. The van der Waals surface area contributed by atoms with Crippen molar-refractivity contribution >= 4 is 11.9 Å². The summed E-state index contributed by atoms with van der Waals surface area (Å²) in [6.07, 6.45) is 2.57. The van der Waals surface area contributed by atoms with Gasteiger partial charge in [0.05, 0.1) is 5.92 Å². The van der Waals surface area contributed by atoms with E-state index in [1.54, 1.807) is 13.0 Å². The number of carboxylic acids is 1. The number of carbonyl (C=O) groups excluding carboxylic acids is 1. The SMILES string of the molecule is CC(=CC1C(C)CC2C(C)C(=O)OC12)C(=O)O. The van der Waals surface area contributed by atoms with Gasteiger partial charge in [0.1, 0.15) is 6.10 Å². The van der Waals surface area contributed by atoms with E-state index in [4.69, 9.17) is 9.84 Å². The zero-order chi connectivity index (χ0) is 12.7. The van der Waals surface area contributed by atoms with E-state index in [2.05, 4.69) is 6.92 Å². The lowest BCUT2D eigenvalue weighted by Gasteiger charge is -2.17. The molecule has 1 saturated heterocycles. The molecule has 0 radical (unpaired) electrons. The predicted molar refractivity (Wildman–Crippen MR) is 61.2 cm³/mol. The minimum absolute atomic E-state index is 0.0463. The fourth-order valence-electron chi connectivity index (χ4n) is 3.02. The summed E-state index contributed by atoms with van der Waals surface area (Å²) in [7, 11) is 0. The van der Waals surface area contributed by atoms with E-state index >= 15 is 0 Å². The molecule has 1 saturated carbocycles. The monoisotopic (exact) mass is 238 g/mol. The smallest absolute Gasteiger partial charge is 0.330 e. The number of fused-ring (bicyclic) bond motifs is 1. The third kappa shape index (κ3) is 1.96. The average molecular weight is 238 g/mol. The summed E-state index contributed by atoms with van der Waals surface area (Å²) in [4.78, 5) is 22.3. The molecule has 1 aliphatic heterocycles. The van der Waals surface area contributed by atoms with Crippen molar-refractivity contribution in [2.45, 2.75) is 33.3 Å². The molecule has 5 atom stereocenters. The Morgan fingerprint density at radius 1 is 1.47 bits per heavy atom. The third-order valence-corrected chi connectivity index (χ3v) is 4.15. The molecule has 4 nitrogen and oxygen atoms in total. The van der Waals surface area contributed by atoms with Crippen molar-refractivity contribution in [1.82, 2.24) is 0 Å². The maximum Gasteiger partial charge on any atom is 0.330 e. The molecule has 5 unspecified atom stereocenters. The number of rotatable bonds is 2. The van der Waals surface area contributed by atoms with Crippen molar-refractivity contribution in [2.75, 3.05) is 0 Å². The first kappa shape index (κ1) is 12.1. The second kappa shape index (κ2) is 4.17. The number of aliphatic carboxylic acids is 1. The van der Waals surface area contributed by atoms with Gasteiger partial charge < -0.3 is 9.84 Å². The van der Waals surface area contributed by atoms with Crippen LogP contribution in [0, 0.1) is 23.7 Å². The highest BCUT2D eigenvalue weighted by atomic mass is 16.6. The quantitative estimate of drug-likeness (QED) is 0.589. The molecule has 4 heteroatoms. The van der Waals surface area contributed by atoms with Crippen LogP contribution in [0.2, 0.25) is 0 Å². The molecule has 17 heavy (non-hydrogen) atoms. The average Bonchev–Trinajstić information content (AvgIpc) is 2.69. The van der Waals surface area contributed by atoms with Crippen molar-refractivity contribution in [1.29, 1.82) is 0 Å². The van der Waals surface area contributed by atoms with Gasteiger partial charge in [0, 0.05) is 17.4 Å². The second-order valence-corrected chi connectivity index (χ2v) is 5.30. The van der Waals surface area contributed by atoms with Crippen molar-refractivity contribution in [2.24, 2.45) is 23.7 Å². The standard InChI is InChI=1S/C13H18O4/c1-6-4-10-8(3)13(16)17-11(10)9(6)5-7(2)12(14)15/h5-6,8-11H,4H2,1-3H3,(H,14,15). The van der Waals surface area contributed by atoms with Gasteiger partial charge in [-0.2, -0.15) is 0 Å². The number of carboxylic acid groups (broad SMARTS) is 1. The Morgan fingerprint density at radius 2 is 2.12 bits per heavy atom. The number of carbonyl (C=O) groups is 2. The predicted octanol–water partition coefficient (Wildman–Crippen LogP) is 1.85. The zero-order valence-electron chi connectivity index (χ0n) is 10.3. The zero-order valence-corrected chi connectivity index (χ0v) is 10.3. The molecule has 0 bridgehead atoms. The molecule has 2 fully saturated rings. The second-order valence-electron chi connectivity index (χ2n) is 5.30. The fraction of sp³-hybridized carbons (Fsp3) is 0.692. The van der Waals surface area contributed by atoms with Crippen LogP contribution < -0.4 is 0 Å². The highest BCUT2D eigenvalue weighted by molar-refractivity contribution is 5.85. The Morgan fingerprint density at radius 3 is 2.71 bits per heavy atom. The summed E-state index contributed by atoms with van der Waals surface area (Å²) in [6, 6.07) is 0. The van der Waals surface area contributed by atoms with Crippen LogP contribution in [0.5, 0.6) is 0 Å². The van der Waals surface area contributed by atoms with Gasteiger partial charge in [-0.25, -0.2) is 4.79 Å². The van der Waals surface area contributed by atoms with E-state index in [0.29, 0.717) is 11.5 Å². The van der Waals surface area contributed by atoms with Gasteiger partial charge in [-0.3, -0.25) is 4.79 Å². The number of hydrogen-bond donors (Lipinski definition) is 1. The summed E-state index contributed by atoms with van der Waals surface area (Å²) < 4.78 is 5.38. The maximum atomic E-state index is 11.5. The fourth-order valence-corrected chi connectivity index (χ4v) is 3.02. The Kier molecular flexibility index (Phi) is 2.98. The van der Waals surface area contributed by atoms with Crippen molar-refractivity contribution in [3.63, 3.8) is 0 Å². The lowest BCUT2D eigenvalue weighted by atomic mass is 9.92. The van der Waals surface area contributed by atoms with Crippen LogP contribution in [0.15, 0.2) is 11.6 Å². The summed E-state index contributed by atoms with van der Waals surface area (Å²) in [6.45, 7) is 5.58. The van der Waals surface area contributed by atoms with E-state index < -0.39 is 5.97 Å². The van der Waals surface area contributed by atoms with Gasteiger partial charge >= 0.3 is 11.9 Å². The molecule has 0 aromatic heterocycles. The Labute approximate surface area is 101 Å². The minimum Gasteiger partial charge on any atom is -0.478 e. The van der Waals surface area contributed by atoms with Crippen molar-refractivity contribution in [3.05, 3.63) is 11.6 Å². The molecule has 1 aliphatic carbocycles. The van der Waals surface area contributed by atoms with E-state index in [9.17, 15) is 9.59 Å². The van der Waals surface area contributed by atoms with Gasteiger partial charge in [0.25, 0.3) is 0 Å². The highest BCUT2D eigenvalue weighted by Gasteiger charge is 2.51. The first-order chi connectivity index (χ1) is 7.91. The molecule has 0 aromatic carbocycles. The Hall–Kier alpha value is -1.32. The van der Waals surface area contributed by atoms with Gasteiger partial charge in [0.2, 0.25) is 0 Å². The molecular formula is C13H18O4. The molecule has 2 aliphatic rings. The van der Waals surface area contributed by atoms with E-state index in [1.165, 1.54) is 0 Å². The number of ether oxygens (including phenoxy) is 1. The summed E-state index contributed by atoms with van der Waals surface area (Å²) >= 11 is 0. The van der Waals surface area contributed by atoms with Crippen LogP contribution in [0.4, 0.5) is 0 Å². The van der Waals surface area contributed by atoms with Crippen LogP contribution in [0.25, 0.3) is 0 Å². The topological polar surface area (TPSA) is 63.6 Å². The van der Waals surface area contributed by atoms with Crippen molar-refractivity contribution in [3.8, 4) is 0 Å². The van der Waals surface area contributed by atoms with E-state index in [0.717, 1.165) is 6.42 Å². The molecule has 0 spiro atoms. The van der Waals surface area contributed by atoms with Gasteiger partial charge in [-0.05, 0) is 19.3 Å². The van der Waals surface area contributed by atoms with Gasteiger partial charge in [-0.1, -0.05) is 19.9 Å². The van der Waals surface area contributed by atoms with E-state index in [-0.39, 0.29) is 29.8 Å². The van der Waals surface area contributed by atoms with Crippen LogP contribution in [-0.4, -0.2) is 23.1 Å². The lowest BCUT2D eigenvalue weighted by Crippen LogP contribution is -2.21. The summed E-state index contributed by atoms with van der Waals surface area (Å²) in [5.74, 6) is -0.428. The first-order valence-corrected chi connectivity index (χ1v) is 6.04. The van der Waals surface area contributed by atoms with Crippen LogP contribution in [0.1, 0.15) is 27.2 Å². The number of esters is 1. The largest absolute Gasteiger partial charge is 0.478 e. The van der Waals surface area contributed by atoms with E-state index in [1.807, 2.05) is 6.92 Å². The van der Waals surface area contributed by atoms with Gasteiger partial charge in [-0.15, -0.1) is 0 Å². The Balaban J connectivity index is 2.21. The lowest BCUT2D eigenvalue weighted by molar-refractivity contribution is -0.145. The molecule has 1 heterocycles. The maximum absolute atomic E-state index is 11.5. The molecule has 0 amide bonds. The first-order valence-electron chi connectivity index (χ1n) is 6.04. The summed E-state index contributed by atoms with van der Waals surface area (Å²) in [5, 5.41) is 8.90. The molecule has 1 N–H and O–H groups in total. The van der Waals surface area contributed by atoms with Crippen LogP contribution >= 0.6 is 0 Å². The Bertz CT molecular complexity index is 385. The van der Waals surface area contributed by atoms with Crippen LogP contribution in [0.3, 0.4) is 0 Å². The molecule has 94 valence electrons. The van der Waals surface area contributed by atoms with Crippen LogP contribution in [-0.2, 0) is 14.3 Å².